The fourth-order valence-corrected chi connectivity index (χ4v) is 3.09. The van der Waals surface area contributed by atoms with E-state index in [0.29, 0.717) is 24.4 Å². The Morgan fingerprint density at radius 3 is 2.39 bits per heavy atom. The van der Waals surface area contributed by atoms with Crippen LogP contribution in [0.2, 0.25) is 0 Å². The van der Waals surface area contributed by atoms with E-state index in [1.54, 1.807) is 17.3 Å². The van der Waals surface area contributed by atoms with Crippen molar-refractivity contribution in [2.45, 2.75) is 19.4 Å². The number of aromatic nitrogens is 3. The topological polar surface area (TPSA) is 88.1 Å². The zero-order valence-corrected chi connectivity index (χ0v) is 15.2. The van der Waals surface area contributed by atoms with E-state index in [9.17, 15) is 9.59 Å². The number of carbonyl (C=O) groups excluding carboxylic acids is 2. The molecule has 4 rings (SSSR count). The molecule has 1 aromatic carbocycles. The first-order valence-corrected chi connectivity index (χ1v) is 9.11. The molecule has 0 bridgehead atoms. The third-order valence-corrected chi connectivity index (χ3v) is 4.63. The van der Waals surface area contributed by atoms with E-state index in [-0.39, 0.29) is 11.8 Å². The van der Waals surface area contributed by atoms with Gasteiger partial charge in [0.15, 0.2) is 5.82 Å². The summed E-state index contributed by atoms with van der Waals surface area (Å²) in [5.41, 5.74) is 3.10. The van der Waals surface area contributed by atoms with Crippen LogP contribution in [0.3, 0.4) is 0 Å². The highest BCUT2D eigenvalue weighted by Crippen LogP contribution is 2.21. The summed E-state index contributed by atoms with van der Waals surface area (Å²) in [7, 11) is 0. The molecule has 140 valence electrons. The van der Waals surface area contributed by atoms with Gasteiger partial charge in [0, 0.05) is 55.5 Å². The fraction of sp³-hybridized carbons (Fsp3) is 0.190. The number of rotatable bonds is 5. The van der Waals surface area contributed by atoms with Crippen LogP contribution in [0.1, 0.15) is 28.8 Å². The van der Waals surface area contributed by atoms with Crippen molar-refractivity contribution in [2.24, 2.45) is 0 Å². The van der Waals surface area contributed by atoms with Gasteiger partial charge in [0.05, 0.1) is 5.56 Å². The van der Waals surface area contributed by atoms with Gasteiger partial charge in [-0.3, -0.25) is 14.6 Å². The Hall–Kier alpha value is -3.61. The minimum Gasteiger partial charge on any atom is -0.348 e. The monoisotopic (exact) mass is 373 g/mol. The third-order valence-electron chi connectivity index (χ3n) is 4.63. The van der Waals surface area contributed by atoms with Crippen molar-refractivity contribution in [1.82, 2.24) is 20.3 Å². The van der Waals surface area contributed by atoms with Crippen LogP contribution in [0.25, 0.3) is 11.4 Å². The molecular formula is C21H19N5O2. The highest BCUT2D eigenvalue weighted by Gasteiger charge is 2.21. The Morgan fingerprint density at radius 1 is 1.04 bits per heavy atom. The molecule has 1 saturated heterocycles. The van der Waals surface area contributed by atoms with Gasteiger partial charge in [-0.25, -0.2) is 9.97 Å². The molecule has 7 nitrogen and oxygen atoms in total. The summed E-state index contributed by atoms with van der Waals surface area (Å²) in [6.45, 7) is 1.16. The van der Waals surface area contributed by atoms with Gasteiger partial charge in [0.25, 0.3) is 5.91 Å². The zero-order chi connectivity index (χ0) is 19.3. The average molecular weight is 373 g/mol. The molecule has 0 radical (unpaired) electrons. The predicted octanol–water partition coefficient (Wildman–Crippen LogP) is 2.60. The Bertz CT molecular complexity index is 972. The maximum atomic E-state index is 12.3. The summed E-state index contributed by atoms with van der Waals surface area (Å²) >= 11 is 0. The molecule has 28 heavy (non-hydrogen) atoms. The lowest BCUT2D eigenvalue weighted by Gasteiger charge is -2.16. The van der Waals surface area contributed by atoms with Crippen LogP contribution < -0.4 is 10.2 Å². The molecule has 0 aliphatic carbocycles. The molecule has 1 aliphatic heterocycles. The van der Waals surface area contributed by atoms with Gasteiger partial charge in [0.1, 0.15) is 0 Å². The lowest BCUT2D eigenvalue weighted by atomic mass is 10.2. The standard InChI is InChI=1S/C21H19N5O2/c27-19-2-1-11-26(19)18-5-3-15(4-6-18)12-25-21(28)17-13-23-20(24-14-17)16-7-9-22-10-8-16/h3-10,13-14H,1-2,11-12H2,(H,25,28). The average Bonchev–Trinajstić information content (AvgIpc) is 3.19. The molecule has 2 aromatic heterocycles. The molecule has 0 atom stereocenters. The van der Waals surface area contributed by atoms with Crippen molar-refractivity contribution < 1.29 is 9.59 Å². The number of hydrogen-bond acceptors (Lipinski definition) is 5. The molecule has 1 aliphatic rings. The normalized spacial score (nSPS) is 13.6. The molecule has 1 fully saturated rings. The highest BCUT2D eigenvalue weighted by molar-refractivity contribution is 5.95. The van der Waals surface area contributed by atoms with Crippen molar-refractivity contribution in [3.63, 3.8) is 0 Å². The highest BCUT2D eigenvalue weighted by atomic mass is 16.2. The van der Waals surface area contributed by atoms with Crippen molar-refractivity contribution in [2.75, 3.05) is 11.4 Å². The number of hydrogen-bond donors (Lipinski definition) is 1. The zero-order valence-electron chi connectivity index (χ0n) is 15.2. The van der Waals surface area contributed by atoms with Crippen LogP contribution in [0.15, 0.2) is 61.2 Å². The molecule has 2 amide bonds. The first-order valence-electron chi connectivity index (χ1n) is 9.11. The van der Waals surface area contributed by atoms with E-state index in [4.69, 9.17) is 0 Å². The van der Waals surface area contributed by atoms with Crippen LogP contribution in [-0.2, 0) is 11.3 Å². The molecule has 3 aromatic rings. The van der Waals surface area contributed by atoms with Gasteiger partial charge in [-0.05, 0) is 36.2 Å². The number of nitrogens with zero attached hydrogens (tertiary/aromatic N) is 4. The molecule has 0 saturated carbocycles. The Morgan fingerprint density at radius 2 is 1.75 bits per heavy atom. The number of pyridine rings is 1. The maximum absolute atomic E-state index is 12.3. The van der Waals surface area contributed by atoms with Crippen molar-refractivity contribution in [3.8, 4) is 11.4 Å². The number of nitrogens with one attached hydrogen (secondary N) is 1. The second-order valence-electron chi connectivity index (χ2n) is 6.53. The van der Waals surface area contributed by atoms with Gasteiger partial charge in [-0.1, -0.05) is 12.1 Å². The van der Waals surface area contributed by atoms with E-state index < -0.39 is 0 Å². The number of anilines is 1. The van der Waals surface area contributed by atoms with Crippen molar-refractivity contribution >= 4 is 17.5 Å². The van der Waals surface area contributed by atoms with E-state index in [1.807, 2.05) is 36.4 Å². The van der Waals surface area contributed by atoms with Crippen LogP contribution in [0.4, 0.5) is 5.69 Å². The van der Waals surface area contributed by atoms with E-state index >= 15 is 0 Å². The summed E-state index contributed by atoms with van der Waals surface area (Å²) in [4.78, 5) is 38.4. The lowest BCUT2D eigenvalue weighted by Crippen LogP contribution is -2.24. The smallest absolute Gasteiger partial charge is 0.254 e. The fourth-order valence-electron chi connectivity index (χ4n) is 3.09. The minimum atomic E-state index is -0.236. The summed E-state index contributed by atoms with van der Waals surface area (Å²) in [6, 6.07) is 11.3. The third kappa shape index (κ3) is 3.88. The van der Waals surface area contributed by atoms with E-state index in [2.05, 4.69) is 20.3 Å². The van der Waals surface area contributed by atoms with Gasteiger partial charge in [0.2, 0.25) is 5.91 Å². The number of amides is 2. The summed E-state index contributed by atoms with van der Waals surface area (Å²) < 4.78 is 0. The van der Waals surface area contributed by atoms with Gasteiger partial charge >= 0.3 is 0 Å². The van der Waals surface area contributed by atoms with Gasteiger partial charge in [-0.2, -0.15) is 0 Å². The SMILES string of the molecule is O=C(NCc1ccc(N2CCCC2=O)cc1)c1cnc(-c2ccncc2)nc1. The van der Waals surface area contributed by atoms with E-state index in [0.717, 1.165) is 29.8 Å². The summed E-state index contributed by atoms with van der Waals surface area (Å²) in [5, 5.41) is 2.86. The molecule has 0 unspecified atom stereocenters. The second-order valence-corrected chi connectivity index (χ2v) is 6.53. The Labute approximate surface area is 162 Å². The quantitative estimate of drug-likeness (QED) is 0.743. The molecule has 3 heterocycles. The Balaban J connectivity index is 1.36. The Kier molecular flexibility index (Phi) is 5.05. The largest absolute Gasteiger partial charge is 0.348 e. The predicted molar refractivity (Wildman–Crippen MR) is 104 cm³/mol. The molecular weight excluding hydrogens is 354 g/mol. The van der Waals surface area contributed by atoms with Gasteiger partial charge in [-0.15, -0.1) is 0 Å². The summed E-state index contributed by atoms with van der Waals surface area (Å²) in [6.07, 6.45) is 7.88. The maximum Gasteiger partial charge on any atom is 0.254 e. The minimum absolute atomic E-state index is 0.163. The molecule has 7 heteroatoms. The number of carbonyl (C=O) groups is 2. The van der Waals surface area contributed by atoms with Crippen LogP contribution in [0.5, 0.6) is 0 Å². The van der Waals surface area contributed by atoms with Crippen LogP contribution >= 0.6 is 0 Å². The van der Waals surface area contributed by atoms with E-state index in [1.165, 1.54) is 12.4 Å². The molecule has 1 N–H and O–H groups in total. The van der Waals surface area contributed by atoms with Crippen molar-refractivity contribution in [1.29, 1.82) is 0 Å². The number of benzene rings is 1. The first-order chi connectivity index (χ1) is 13.7. The van der Waals surface area contributed by atoms with Crippen molar-refractivity contribution in [3.05, 3.63) is 72.3 Å². The molecule has 0 spiro atoms. The summed E-state index contributed by atoms with van der Waals surface area (Å²) in [5.74, 6) is 0.474. The lowest BCUT2D eigenvalue weighted by molar-refractivity contribution is -0.117. The second kappa shape index (κ2) is 7.96. The van der Waals surface area contributed by atoms with Gasteiger partial charge < -0.3 is 10.2 Å². The van der Waals surface area contributed by atoms with Crippen LogP contribution in [0, 0.1) is 0 Å². The van der Waals surface area contributed by atoms with Crippen LogP contribution in [-0.4, -0.2) is 33.3 Å². The first kappa shape index (κ1) is 17.8.